The highest BCUT2D eigenvalue weighted by Gasteiger charge is 2.45. The lowest BCUT2D eigenvalue weighted by atomic mass is 9.61. The van der Waals surface area contributed by atoms with Crippen LogP contribution >= 0.6 is 0 Å². The Morgan fingerprint density at radius 1 is 0.818 bits per heavy atom. The third kappa shape index (κ3) is 2.48. The number of carbonyl (C=O) groups excluding carboxylic acids is 1. The van der Waals surface area contributed by atoms with Gasteiger partial charge in [0.25, 0.3) is 0 Å². The number of Topliss-reactive ketones (excluding diaryl/α,β-unsaturated/α-hetero) is 1. The van der Waals surface area contributed by atoms with Crippen LogP contribution in [0.15, 0.2) is 60.7 Å². The summed E-state index contributed by atoms with van der Waals surface area (Å²) >= 11 is 0. The van der Waals surface area contributed by atoms with Crippen molar-refractivity contribution in [1.82, 2.24) is 0 Å². The Morgan fingerprint density at radius 3 is 1.59 bits per heavy atom. The average Bonchev–Trinajstić information content (AvgIpc) is 2.57. The van der Waals surface area contributed by atoms with Gasteiger partial charge in [0.2, 0.25) is 0 Å². The highest BCUT2D eigenvalue weighted by atomic mass is 16.3. The highest BCUT2D eigenvalue weighted by Crippen LogP contribution is 2.47. The van der Waals surface area contributed by atoms with E-state index in [2.05, 4.69) is 48.5 Å². The van der Waals surface area contributed by atoms with Crippen LogP contribution in [0.3, 0.4) is 0 Å². The van der Waals surface area contributed by atoms with Gasteiger partial charge < -0.3 is 5.11 Å². The molecule has 114 valence electrons. The maximum atomic E-state index is 11.8. The zero-order chi connectivity index (χ0) is 15.6. The van der Waals surface area contributed by atoms with Crippen molar-refractivity contribution in [1.29, 1.82) is 0 Å². The Kier molecular flexibility index (Phi) is 3.88. The molecule has 0 bridgehead atoms. The molecule has 0 heterocycles. The molecule has 1 aliphatic rings. The number of rotatable bonds is 3. The molecule has 2 nitrogen and oxygen atoms in total. The van der Waals surface area contributed by atoms with Gasteiger partial charge in [-0.05, 0) is 43.7 Å². The van der Waals surface area contributed by atoms with E-state index in [4.69, 9.17) is 0 Å². The third-order valence-electron chi connectivity index (χ3n) is 5.24. The molecule has 0 amide bonds. The van der Waals surface area contributed by atoms with Crippen LogP contribution in [0, 0.1) is 0 Å². The van der Waals surface area contributed by atoms with Crippen LogP contribution in [0.4, 0.5) is 0 Å². The topological polar surface area (TPSA) is 37.3 Å². The molecule has 3 rings (SSSR count). The van der Waals surface area contributed by atoms with Gasteiger partial charge in [0.15, 0.2) is 5.78 Å². The first-order valence-corrected chi connectivity index (χ1v) is 7.91. The van der Waals surface area contributed by atoms with E-state index in [0.29, 0.717) is 12.8 Å². The zero-order valence-corrected chi connectivity index (χ0v) is 13.0. The molecule has 0 atom stereocenters. The van der Waals surface area contributed by atoms with Crippen molar-refractivity contribution < 1.29 is 9.90 Å². The van der Waals surface area contributed by atoms with E-state index in [-0.39, 0.29) is 11.2 Å². The van der Waals surface area contributed by atoms with Crippen LogP contribution in [0.2, 0.25) is 0 Å². The van der Waals surface area contributed by atoms with Crippen LogP contribution in [-0.2, 0) is 10.2 Å². The van der Waals surface area contributed by atoms with E-state index in [1.54, 1.807) is 0 Å². The van der Waals surface area contributed by atoms with Gasteiger partial charge in [0.05, 0.1) is 0 Å². The Hall–Kier alpha value is -1.93. The maximum Gasteiger partial charge on any atom is 0.161 e. The maximum absolute atomic E-state index is 11.8. The van der Waals surface area contributed by atoms with Gasteiger partial charge in [-0.1, -0.05) is 60.7 Å². The summed E-state index contributed by atoms with van der Waals surface area (Å²) in [4.78, 5) is 11.8. The van der Waals surface area contributed by atoms with Gasteiger partial charge in [-0.15, -0.1) is 0 Å². The normalized spacial score (nSPS) is 19.5. The minimum absolute atomic E-state index is 0.107. The molecular formula is C20H22O2. The summed E-state index contributed by atoms with van der Waals surface area (Å²) in [6, 6.07) is 20.9. The lowest BCUT2D eigenvalue weighted by Gasteiger charge is -2.44. The van der Waals surface area contributed by atoms with Gasteiger partial charge in [0.1, 0.15) is 5.60 Å². The first-order valence-electron chi connectivity index (χ1n) is 7.91. The average molecular weight is 294 g/mol. The van der Waals surface area contributed by atoms with Gasteiger partial charge in [-0.2, -0.15) is 0 Å². The molecule has 1 aliphatic carbocycles. The van der Waals surface area contributed by atoms with E-state index in [9.17, 15) is 9.90 Å². The summed E-state index contributed by atoms with van der Waals surface area (Å²) in [6.07, 6.45) is 2.62. The molecule has 0 saturated heterocycles. The van der Waals surface area contributed by atoms with E-state index in [0.717, 1.165) is 12.8 Å². The SMILES string of the molecule is CC(=O)C1(O)CCC(c2ccccc2)(c2ccccc2)CC1. The second-order valence-corrected chi connectivity index (χ2v) is 6.40. The summed E-state index contributed by atoms with van der Waals surface area (Å²) < 4.78 is 0. The molecule has 0 spiro atoms. The van der Waals surface area contributed by atoms with Crippen molar-refractivity contribution in [2.75, 3.05) is 0 Å². The molecule has 2 heteroatoms. The number of hydrogen-bond donors (Lipinski definition) is 1. The Bertz CT molecular complexity index is 596. The second-order valence-electron chi connectivity index (χ2n) is 6.40. The van der Waals surface area contributed by atoms with Crippen molar-refractivity contribution in [2.45, 2.75) is 43.6 Å². The van der Waals surface area contributed by atoms with Crippen molar-refractivity contribution in [3.8, 4) is 0 Å². The van der Waals surface area contributed by atoms with E-state index < -0.39 is 5.60 Å². The number of ketones is 1. The minimum atomic E-state index is -1.15. The monoisotopic (exact) mass is 294 g/mol. The first-order chi connectivity index (χ1) is 10.6. The molecule has 2 aromatic rings. The van der Waals surface area contributed by atoms with Gasteiger partial charge in [-0.25, -0.2) is 0 Å². The standard InChI is InChI=1S/C20H22O2/c1-16(21)20(22)14-12-19(13-15-20,17-8-4-2-5-9-17)18-10-6-3-7-11-18/h2-11,22H,12-15H2,1H3. The van der Waals surface area contributed by atoms with E-state index in [1.165, 1.54) is 18.1 Å². The summed E-state index contributed by atoms with van der Waals surface area (Å²) in [6.45, 7) is 1.50. The predicted octanol–water partition coefficient (Wildman–Crippen LogP) is 3.87. The molecule has 2 aromatic carbocycles. The third-order valence-corrected chi connectivity index (χ3v) is 5.24. The van der Waals surface area contributed by atoms with E-state index in [1.807, 2.05) is 12.1 Å². The van der Waals surface area contributed by atoms with Crippen molar-refractivity contribution in [2.24, 2.45) is 0 Å². The second kappa shape index (κ2) is 5.69. The van der Waals surface area contributed by atoms with Crippen molar-refractivity contribution in [3.05, 3.63) is 71.8 Å². The molecule has 0 aliphatic heterocycles. The lowest BCUT2D eigenvalue weighted by molar-refractivity contribution is -0.139. The fourth-order valence-corrected chi connectivity index (χ4v) is 3.70. The summed E-state index contributed by atoms with van der Waals surface area (Å²) in [7, 11) is 0. The molecule has 0 unspecified atom stereocenters. The molecular weight excluding hydrogens is 272 g/mol. The first kappa shape index (κ1) is 15.0. The van der Waals surface area contributed by atoms with Gasteiger partial charge in [-0.3, -0.25) is 4.79 Å². The number of benzene rings is 2. The summed E-state index contributed by atoms with van der Waals surface area (Å²) in [5.41, 5.74) is 1.29. The smallest absolute Gasteiger partial charge is 0.161 e. The molecule has 1 saturated carbocycles. The highest BCUT2D eigenvalue weighted by molar-refractivity contribution is 5.84. The van der Waals surface area contributed by atoms with Crippen LogP contribution in [0.5, 0.6) is 0 Å². The van der Waals surface area contributed by atoms with E-state index >= 15 is 0 Å². The van der Waals surface area contributed by atoms with Crippen molar-refractivity contribution >= 4 is 5.78 Å². The fraction of sp³-hybridized carbons (Fsp3) is 0.350. The molecule has 0 radical (unpaired) electrons. The zero-order valence-electron chi connectivity index (χ0n) is 13.0. The van der Waals surface area contributed by atoms with Gasteiger partial charge in [0, 0.05) is 5.41 Å². The Labute approximate surface area is 131 Å². The fourth-order valence-electron chi connectivity index (χ4n) is 3.70. The number of aliphatic hydroxyl groups is 1. The molecule has 1 fully saturated rings. The minimum Gasteiger partial charge on any atom is -0.382 e. The van der Waals surface area contributed by atoms with Crippen LogP contribution in [-0.4, -0.2) is 16.5 Å². The quantitative estimate of drug-likeness (QED) is 0.933. The lowest BCUT2D eigenvalue weighted by Crippen LogP contribution is -2.46. The van der Waals surface area contributed by atoms with Crippen LogP contribution < -0.4 is 0 Å². The predicted molar refractivity (Wildman–Crippen MR) is 87.8 cm³/mol. The summed E-state index contributed by atoms with van der Waals surface area (Å²) in [5, 5.41) is 10.5. The van der Waals surface area contributed by atoms with Crippen molar-refractivity contribution in [3.63, 3.8) is 0 Å². The van der Waals surface area contributed by atoms with Crippen LogP contribution in [0.25, 0.3) is 0 Å². The number of hydrogen-bond acceptors (Lipinski definition) is 2. The Morgan fingerprint density at radius 2 is 1.23 bits per heavy atom. The molecule has 22 heavy (non-hydrogen) atoms. The Balaban J connectivity index is 2.02. The largest absolute Gasteiger partial charge is 0.382 e. The summed E-state index contributed by atoms with van der Waals surface area (Å²) in [5.74, 6) is -0.109. The van der Waals surface area contributed by atoms with Crippen LogP contribution in [0.1, 0.15) is 43.7 Å². The number of carbonyl (C=O) groups is 1. The van der Waals surface area contributed by atoms with Gasteiger partial charge >= 0.3 is 0 Å². The molecule has 1 N–H and O–H groups in total. The molecule has 0 aromatic heterocycles.